The van der Waals surface area contributed by atoms with Crippen molar-refractivity contribution >= 4 is 25.7 Å². The van der Waals surface area contributed by atoms with Crippen molar-refractivity contribution in [3.05, 3.63) is 97.2 Å². The predicted molar refractivity (Wildman–Crippen MR) is 244 cm³/mol. The van der Waals surface area contributed by atoms with Crippen molar-refractivity contribution < 1.29 is 52.2 Å². The topological polar surface area (TPSA) is 184 Å². The van der Waals surface area contributed by atoms with Gasteiger partial charge in [0, 0.05) is 12.8 Å². The molecule has 344 valence electrons. The number of carbonyl (C=O) groups excluding carboxylic acids is 2. The number of allylic oxidation sites excluding steroid dienone is 14. The van der Waals surface area contributed by atoms with E-state index < -0.39 is 57.7 Å². The van der Waals surface area contributed by atoms with Gasteiger partial charge in [0.15, 0.2) is 6.10 Å². The molecule has 0 aromatic heterocycles. The number of hydrogen-bond donors (Lipinski definition) is 3. The number of rotatable bonds is 39. The van der Waals surface area contributed by atoms with E-state index in [0.717, 1.165) is 83.5 Å². The van der Waals surface area contributed by atoms with E-state index in [1.165, 1.54) is 19.3 Å². The highest BCUT2D eigenvalue weighted by atomic mass is 31.2. The van der Waals surface area contributed by atoms with Crippen LogP contribution in [0.5, 0.6) is 0 Å². The van der Waals surface area contributed by atoms with Gasteiger partial charge < -0.3 is 29.9 Å². The van der Waals surface area contributed by atoms with Gasteiger partial charge in [-0.25, -0.2) is 4.57 Å². The number of phosphoric acid groups is 1. The summed E-state index contributed by atoms with van der Waals surface area (Å²) in [4.78, 5) is 46.0. The summed E-state index contributed by atoms with van der Waals surface area (Å²) in [5.74, 6) is -2.53. The van der Waals surface area contributed by atoms with Crippen LogP contribution in [0.3, 0.4) is 0 Å². The highest BCUT2D eigenvalue weighted by Gasteiger charge is 2.36. The third-order valence-electron chi connectivity index (χ3n) is 9.23. The van der Waals surface area contributed by atoms with Crippen LogP contribution in [0.15, 0.2) is 97.2 Å². The molecular formula is C48H76NO11P. The smallest absolute Gasteiger partial charge is 0.472 e. The zero-order valence-corrected chi connectivity index (χ0v) is 37.8. The van der Waals surface area contributed by atoms with Crippen molar-refractivity contribution in [2.45, 2.75) is 167 Å². The summed E-state index contributed by atoms with van der Waals surface area (Å²) in [6.07, 6.45) is 50.9. The predicted octanol–water partition coefficient (Wildman–Crippen LogP) is 11.0. The second-order valence-corrected chi connectivity index (χ2v) is 16.3. The Morgan fingerprint density at radius 1 is 0.607 bits per heavy atom. The first-order valence-corrected chi connectivity index (χ1v) is 23.9. The fourth-order valence-corrected chi connectivity index (χ4v) is 6.39. The highest BCUT2D eigenvalue weighted by molar-refractivity contribution is 7.47. The van der Waals surface area contributed by atoms with E-state index in [4.69, 9.17) is 29.6 Å². The molecular weight excluding hydrogens is 797 g/mol. The number of carboxylic acids is 1. The molecule has 0 spiro atoms. The Balaban J connectivity index is 2.35. The molecule has 0 saturated carbocycles. The molecule has 0 amide bonds. The minimum atomic E-state index is -4.75. The number of hydrogen-bond acceptors (Lipinski definition) is 10. The monoisotopic (exact) mass is 874 g/mol. The first-order valence-electron chi connectivity index (χ1n) is 22.4. The molecule has 1 rings (SSSR count). The first kappa shape index (κ1) is 55.4. The van der Waals surface area contributed by atoms with Crippen LogP contribution in [0.4, 0.5) is 0 Å². The van der Waals surface area contributed by atoms with Gasteiger partial charge in [-0.05, 0) is 89.9 Å². The highest BCUT2D eigenvalue weighted by Crippen LogP contribution is 2.43. The molecule has 1 heterocycles. The molecule has 0 aromatic rings. The van der Waals surface area contributed by atoms with Crippen LogP contribution < -0.4 is 5.73 Å². The molecule has 0 bridgehead atoms. The van der Waals surface area contributed by atoms with E-state index >= 15 is 0 Å². The fourth-order valence-electron chi connectivity index (χ4n) is 5.61. The van der Waals surface area contributed by atoms with Gasteiger partial charge >= 0.3 is 25.7 Å². The summed E-state index contributed by atoms with van der Waals surface area (Å²) < 4.78 is 38.3. The standard InChI is InChI=1S/C48H76NO11P/c1-3-5-7-8-9-10-11-12-13-14-15-16-21-24-27-30-34-38-47(51)59-42(40-57-61(54,55)58-41-43(49)48(52)53)39-56-46(50)37-33-29-26-23-20-18-17-19-22-25-28-32-36-45-44(60-45)35-31-6-4-2/h6,9-10,12-13,15-16,18-20,22,26,28-29,31-32,42-45H,3-5,7-8,11,14,17,21,23-25,27,30,33-41,49H2,1-2H3,(H,52,53)(H,54,55)/b10-9-,13-12-,16-15-,20-18-,22-19-,29-26-,31-6-,32-28-/t42-,43+,44?,45?/m1/s1. The SMILES string of the molecule is CC/C=C\CC1OC1C/C=C\C/C=C\C/C=C\C/C=C\CCC(=O)OC[C@H](COP(=O)(O)OC[C@H](N)C(=O)O)OC(=O)CCCCCC/C=C\C/C=C\C/C=C\CCCCC. The van der Waals surface area contributed by atoms with E-state index in [9.17, 15) is 23.8 Å². The van der Waals surface area contributed by atoms with Crippen LogP contribution in [-0.4, -0.2) is 72.1 Å². The quantitative estimate of drug-likeness (QED) is 0.0175. The number of phosphoric ester groups is 1. The van der Waals surface area contributed by atoms with Crippen LogP contribution in [0.1, 0.15) is 142 Å². The normalized spacial score (nSPS) is 17.9. The molecule has 0 radical (unpaired) electrons. The van der Waals surface area contributed by atoms with Crippen molar-refractivity contribution in [1.29, 1.82) is 0 Å². The van der Waals surface area contributed by atoms with Crippen LogP contribution in [0, 0.1) is 0 Å². The maximum atomic E-state index is 12.6. The molecule has 5 atom stereocenters. The van der Waals surface area contributed by atoms with E-state index in [1.54, 1.807) is 0 Å². The Kier molecular flexibility index (Phi) is 34.6. The molecule has 0 aromatic carbocycles. The summed E-state index contributed by atoms with van der Waals surface area (Å²) >= 11 is 0. The number of esters is 2. The van der Waals surface area contributed by atoms with E-state index in [1.807, 2.05) is 12.2 Å². The Morgan fingerprint density at radius 3 is 1.66 bits per heavy atom. The molecule has 61 heavy (non-hydrogen) atoms. The van der Waals surface area contributed by atoms with Gasteiger partial charge in [-0.15, -0.1) is 0 Å². The number of carbonyl (C=O) groups is 3. The molecule has 1 aliphatic rings. The summed E-state index contributed by atoms with van der Waals surface area (Å²) in [5, 5.41) is 8.90. The van der Waals surface area contributed by atoms with Gasteiger partial charge in [0.25, 0.3) is 0 Å². The molecule has 4 N–H and O–H groups in total. The molecule has 1 saturated heterocycles. The van der Waals surface area contributed by atoms with Crippen LogP contribution >= 0.6 is 7.82 Å². The molecule has 12 nitrogen and oxygen atoms in total. The van der Waals surface area contributed by atoms with Crippen LogP contribution in [0.25, 0.3) is 0 Å². The molecule has 1 aliphatic heterocycles. The van der Waals surface area contributed by atoms with Gasteiger partial charge in [-0.3, -0.25) is 23.4 Å². The van der Waals surface area contributed by atoms with Gasteiger partial charge in [0.2, 0.25) is 0 Å². The number of epoxide rings is 1. The Morgan fingerprint density at radius 2 is 1.10 bits per heavy atom. The van der Waals surface area contributed by atoms with Crippen molar-refractivity contribution in [2.24, 2.45) is 5.73 Å². The first-order chi connectivity index (χ1) is 29.6. The minimum Gasteiger partial charge on any atom is -0.480 e. The Hall–Kier alpha value is -3.64. The second kappa shape index (κ2) is 38.1. The van der Waals surface area contributed by atoms with E-state index in [2.05, 4.69) is 103 Å². The van der Waals surface area contributed by atoms with Gasteiger partial charge in [0.05, 0.1) is 25.4 Å². The summed E-state index contributed by atoms with van der Waals surface area (Å²) in [6.45, 7) is 2.53. The number of aliphatic carboxylic acids is 1. The van der Waals surface area contributed by atoms with Gasteiger partial charge in [-0.2, -0.15) is 0 Å². The third kappa shape index (κ3) is 35.6. The Bertz CT molecular complexity index is 1460. The van der Waals surface area contributed by atoms with Crippen LogP contribution in [0.2, 0.25) is 0 Å². The van der Waals surface area contributed by atoms with Gasteiger partial charge in [-0.1, -0.05) is 137 Å². The number of unbranched alkanes of at least 4 members (excludes halogenated alkanes) is 7. The Labute approximate surface area is 366 Å². The number of nitrogens with two attached hydrogens (primary N) is 1. The average Bonchev–Trinajstić information content (AvgIpc) is 3.99. The lowest BCUT2D eigenvalue weighted by Gasteiger charge is -2.20. The molecule has 3 unspecified atom stereocenters. The average molecular weight is 874 g/mol. The lowest BCUT2D eigenvalue weighted by atomic mass is 10.1. The lowest BCUT2D eigenvalue weighted by molar-refractivity contribution is -0.161. The van der Waals surface area contributed by atoms with Crippen molar-refractivity contribution in [3.63, 3.8) is 0 Å². The molecule has 1 fully saturated rings. The summed E-state index contributed by atoms with van der Waals surface area (Å²) in [7, 11) is -4.75. The maximum Gasteiger partial charge on any atom is 0.472 e. The third-order valence-corrected chi connectivity index (χ3v) is 10.2. The zero-order chi connectivity index (χ0) is 44.7. The largest absolute Gasteiger partial charge is 0.480 e. The van der Waals surface area contributed by atoms with Crippen molar-refractivity contribution in [2.75, 3.05) is 19.8 Å². The minimum absolute atomic E-state index is 0.0822. The summed E-state index contributed by atoms with van der Waals surface area (Å²) in [5.41, 5.74) is 5.33. The van der Waals surface area contributed by atoms with E-state index in [-0.39, 0.29) is 12.8 Å². The number of ether oxygens (including phenoxy) is 3. The zero-order valence-electron chi connectivity index (χ0n) is 36.9. The number of carboxylic acid groups (broad SMARTS) is 1. The van der Waals surface area contributed by atoms with Crippen molar-refractivity contribution in [1.82, 2.24) is 0 Å². The molecule has 0 aliphatic carbocycles. The molecule has 13 heteroatoms. The van der Waals surface area contributed by atoms with E-state index in [0.29, 0.717) is 25.0 Å². The maximum absolute atomic E-state index is 12.6. The summed E-state index contributed by atoms with van der Waals surface area (Å²) in [6, 6.07) is -1.54. The lowest BCUT2D eigenvalue weighted by Crippen LogP contribution is -2.34. The van der Waals surface area contributed by atoms with Crippen molar-refractivity contribution in [3.8, 4) is 0 Å². The van der Waals surface area contributed by atoms with Crippen LogP contribution in [-0.2, 0) is 42.2 Å². The fraction of sp³-hybridized carbons (Fsp3) is 0.604. The van der Waals surface area contributed by atoms with Gasteiger partial charge in [0.1, 0.15) is 12.6 Å². The second-order valence-electron chi connectivity index (χ2n) is 14.8.